The third-order valence-corrected chi connectivity index (χ3v) is 3.91. The van der Waals surface area contributed by atoms with Crippen LogP contribution >= 0.6 is 0 Å². The van der Waals surface area contributed by atoms with E-state index in [0.717, 1.165) is 18.4 Å². The zero-order chi connectivity index (χ0) is 15.5. The molecule has 1 heterocycles. The third kappa shape index (κ3) is 2.98. The summed E-state index contributed by atoms with van der Waals surface area (Å²) >= 11 is 0. The fourth-order valence-corrected chi connectivity index (χ4v) is 2.69. The Hall–Kier alpha value is -2.30. The van der Waals surface area contributed by atoms with Crippen LogP contribution in [0.1, 0.15) is 43.2 Å². The Morgan fingerprint density at radius 1 is 1.23 bits per heavy atom. The number of aromatic nitrogens is 1. The molecule has 2 aromatic rings. The quantitative estimate of drug-likeness (QED) is 0.784. The van der Waals surface area contributed by atoms with Crippen molar-refractivity contribution >= 4 is 5.78 Å². The predicted octanol–water partition coefficient (Wildman–Crippen LogP) is 3.87. The number of ketones is 1. The molecule has 0 N–H and O–H groups in total. The molecule has 0 radical (unpaired) electrons. The molecule has 1 aromatic heterocycles. The summed E-state index contributed by atoms with van der Waals surface area (Å²) in [4.78, 5) is 11.3. The Kier molecular flexibility index (Phi) is 4.13. The summed E-state index contributed by atoms with van der Waals surface area (Å²) in [5.41, 5.74) is 1.45. The fraction of sp³-hybridized carbons (Fsp3) is 0.412. The van der Waals surface area contributed by atoms with Crippen molar-refractivity contribution < 1.29 is 18.8 Å². The lowest BCUT2D eigenvalue weighted by atomic mass is 10.1. The molecule has 1 aliphatic rings. The van der Waals surface area contributed by atoms with Crippen molar-refractivity contribution in [3.63, 3.8) is 0 Å². The zero-order valence-corrected chi connectivity index (χ0v) is 12.8. The van der Waals surface area contributed by atoms with E-state index in [-0.39, 0.29) is 17.6 Å². The average Bonchev–Trinajstić information content (AvgIpc) is 3.18. The Balaban J connectivity index is 1.89. The second-order valence-electron chi connectivity index (χ2n) is 5.52. The van der Waals surface area contributed by atoms with E-state index in [4.69, 9.17) is 14.0 Å². The van der Waals surface area contributed by atoms with Crippen molar-refractivity contribution in [1.82, 2.24) is 5.16 Å². The van der Waals surface area contributed by atoms with Crippen molar-refractivity contribution in [2.75, 3.05) is 7.11 Å². The molecule has 0 bridgehead atoms. The van der Waals surface area contributed by atoms with Crippen molar-refractivity contribution in [3.05, 3.63) is 30.0 Å². The van der Waals surface area contributed by atoms with Crippen LogP contribution in [0.25, 0.3) is 11.3 Å². The second kappa shape index (κ2) is 6.22. The molecule has 1 fully saturated rings. The summed E-state index contributed by atoms with van der Waals surface area (Å²) in [7, 11) is 1.63. The minimum atomic E-state index is -0.144. The highest BCUT2D eigenvalue weighted by atomic mass is 16.5. The molecule has 0 spiro atoms. The largest absolute Gasteiger partial charge is 0.493 e. The molecule has 5 nitrogen and oxygen atoms in total. The Bertz CT molecular complexity index is 671. The maximum absolute atomic E-state index is 11.3. The molecule has 0 atom stereocenters. The van der Waals surface area contributed by atoms with Crippen LogP contribution in [0.5, 0.6) is 11.5 Å². The van der Waals surface area contributed by atoms with E-state index in [1.807, 2.05) is 18.2 Å². The van der Waals surface area contributed by atoms with E-state index in [0.29, 0.717) is 17.2 Å². The maximum Gasteiger partial charge on any atom is 0.202 e. The molecule has 1 saturated carbocycles. The number of hydrogen-bond donors (Lipinski definition) is 0. The minimum absolute atomic E-state index is 0.144. The van der Waals surface area contributed by atoms with Gasteiger partial charge in [0.2, 0.25) is 5.76 Å². The van der Waals surface area contributed by atoms with Gasteiger partial charge in [0.25, 0.3) is 0 Å². The van der Waals surface area contributed by atoms with Crippen molar-refractivity contribution in [2.45, 2.75) is 38.7 Å². The van der Waals surface area contributed by atoms with E-state index < -0.39 is 0 Å². The summed E-state index contributed by atoms with van der Waals surface area (Å²) in [6, 6.07) is 7.26. The summed E-state index contributed by atoms with van der Waals surface area (Å²) < 4.78 is 16.5. The molecule has 3 rings (SSSR count). The van der Waals surface area contributed by atoms with Crippen LogP contribution < -0.4 is 9.47 Å². The van der Waals surface area contributed by atoms with Gasteiger partial charge in [0.05, 0.1) is 13.2 Å². The summed E-state index contributed by atoms with van der Waals surface area (Å²) in [5, 5.41) is 3.94. The topological polar surface area (TPSA) is 61.6 Å². The van der Waals surface area contributed by atoms with Gasteiger partial charge in [-0.05, 0) is 43.9 Å². The molecular formula is C17H19NO4. The number of carbonyl (C=O) groups is 1. The van der Waals surface area contributed by atoms with Crippen LogP contribution in [0.2, 0.25) is 0 Å². The number of methoxy groups -OCH3 is 1. The van der Waals surface area contributed by atoms with E-state index in [2.05, 4.69) is 5.16 Å². The molecule has 0 amide bonds. The maximum atomic E-state index is 11.3. The van der Waals surface area contributed by atoms with Crippen molar-refractivity contribution in [2.24, 2.45) is 0 Å². The summed E-state index contributed by atoms with van der Waals surface area (Å²) in [6.07, 6.45) is 4.81. The van der Waals surface area contributed by atoms with Gasteiger partial charge in [-0.1, -0.05) is 5.16 Å². The monoisotopic (exact) mass is 301 g/mol. The van der Waals surface area contributed by atoms with Gasteiger partial charge >= 0.3 is 0 Å². The standard InChI is InChI=1S/C17H19NO4/c1-11(19)16-10-14(18-22-16)12-7-8-15(20-2)17(9-12)21-13-5-3-4-6-13/h7-10,13H,3-6H2,1-2H3. The third-order valence-electron chi connectivity index (χ3n) is 3.91. The van der Waals surface area contributed by atoms with E-state index in [1.54, 1.807) is 13.2 Å². The van der Waals surface area contributed by atoms with Crippen LogP contribution in [0, 0.1) is 0 Å². The molecule has 22 heavy (non-hydrogen) atoms. The Morgan fingerprint density at radius 3 is 2.64 bits per heavy atom. The summed E-state index contributed by atoms with van der Waals surface area (Å²) in [5.74, 6) is 1.52. The van der Waals surface area contributed by atoms with Gasteiger partial charge in [0.15, 0.2) is 17.3 Å². The number of ether oxygens (including phenoxy) is 2. The number of nitrogens with zero attached hydrogens (tertiary/aromatic N) is 1. The first-order valence-corrected chi connectivity index (χ1v) is 7.50. The molecule has 1 aliphatic carbocycles. The molecule has 0 aliphatic heterocycles. The van der Waals surface area contributed by atoms with Crippen LogP contribution in [0.3, 0.4) is 0 Å². The first-order valence-electron chi connectivity index (χ1n) is 7.50. The highest BCUT2D eigenvalue weighted by Gasteiger charge is 2.19. The van der Waals surface area contributed by atoms with Gasteiger partial charge in [-0.15, -0.1) is 0 Å². The molecule has 0 unspecified atom stereocenters. The second-order valence-corrected chi connectivity index (χ2v) is 5.52. The first-order chi connectivity index (χ1) is 10.7. The number of rotatable bonds is 5. The van der Waals surface area contributed by atoms with E-state index >= 15 is 0 Å². The van der Waals surface area contributed by atoms with Crippen LogP contribution in [-0.4, -0.2) is 24.2 Å². The van der Waals surface area contributed by atoms with E-state index in [9.17, 15) is 4.79 Å². The normalized spacial score (nSPS) is 15.0. The molecule has 1 aromatic carbocycles. The zero-order valence-electron chi connectivity index (χ0n) is 12.8. The molecule has 116 valence electrons. The van der Waals surface area contributed by atoms with Gasteiger partial charge in [-0.3, -0.25) is 4.79 Å². The Labute approximate surface area is 129 Å². The average molecular weight is 301 g/mol. The minimum Gasteiger partial charge on any atom is -0.493 e. The van der Waals surface area contributed by atoms with Crippen LogP contribution in [-0.2, 0) is 0 Å². The number of hydrogen-bond acceptors (Lipinski definition) is 5. The van der Waals surface area contributed by atoms with Crippen molar-refractivity contribution in [1.29, 1.82) is 0 Å². The smallest absolute Gasteiger partial charge is 0.202 e. The lowest BCUT2D eigenvalue weighted by molar-refractivity contribution is 0.0978. The highest BCUT2D eigenvalue weighted by Crippen LogP contribution is 2.35. The lowest BCUT2D eigenvalue weighted by Crippen LogP contribution is -2.11. The van der Waals surface area contributed by atoms with Gasteiger partial charge < -0.3 is 14.0 Å². The predicted molar refractivity (Wildman–Crippen MR) is 81.4 cm³/mol. The summed E-state index contributed by atoms with van der Waals surface area (Å²) in [6.45, 7) is 1.45. The van der Waals surface area contributed by atoms with Gasteiger partial charge in [-0.25, -0.2) is 0 Å². The van der Waals surface area contributed by atoms with Gasteiger partial charge in [0.1, 0.15) is 5.69 Å². The van der Waals surface area contributed by atoms with Gasteiger partial charge in [-0.2, -0.15) is 0 Å². The molecule has 0 saturated heterocycles. The Morgan fingerprint density at radius 2 is 2.00 bits per heavy atom. The lowest BCUT2D eigenvalue weighted by Gasteiger charge is -2.16. The molecule has 5 heteroatoms. The number of Topliss-reactive ketones (excluding diaryl/α,β-unsaturated/α-hetero) is 1. The highest BCUT2D eigenvalue weighted by molar-refractivity contribution is 5.92. The number of carbonyl (C=O) groups excluding carboxylic acids is 1. The first kappa shape index (κ1) is 14.6. The van der Waals surface area contributed by atoms with Gasteiger partial charge in [0, 0.05) is 18.6 Å². The number of benzene rings is 1. The molecular weight excluding hydrogens is 282 g/mol. The van der Waals surface area contributed by atoms with Crippen molar-refractivity contribution in [3.8, 4) is 22.8 Å². The van der Waals surface area contributed by atoms with Crippen LogP contribution in [0.4, 0.5) is 0 Å². The van der Waals surface area contributed by atoms with E-state index in [1.165, 1.54) is 19.8 Å². The van der Waals surface area contributed by atoms with Crippen LogP contribution in [0.15, 0.2) is 28.8 Å². The fourth-order valence-electron chi connectivity index (χ4n) is 2.69. The SMILES string of the molecule is COc1ccc(-c2cc(C(C)=O)on2)cc1OC1CCCC1.